The Kier molecular flexibility index (Phi) is 3.03. The van der Waals surface area contributed by atoms with Gasteiger partial charge < -0.3 is 10.2 Å². The van der Waals surface area contributed by atoms with Gasteiger partial charge in [-0.15, -0.1) is 0 Å². The molecule has 0 amide bonds. The van der Waals surface area contributed by atoms with Crippen LogP contribution in [0, 0.1) is 5.92 Å². The average Bonchev–Trinajstić information content (AvgIpc) is 2.70. The number of piperidine rings is 1. The van der Waals surface area contributed by atoms with Crippen molar-refractivity contribution in [3.63, 3.8) is 0 Å². The van der Waals surface area contributed by atoms with Crippen molar-refractivity contribution >= 4 is 5.69 Å². The van der Waals surface area contributed by atoms with Gasteiger partial charge in [-0.05, 0) is 38.9 Å². The van der Waals surface area contributed by atoms with Crippen molar-refractivity contribution in [2.75, 3.05) is 32.0 Å². The molecule has 1 saturated heterocycles. The molecule has 14 heavy (non-hydrogen) atoms. The zero-order chi connectivity index (χ0) is 9.80. The quantitative estimate of drug-likeness (QED) is 0.759. The van der Waals surface area contributed by atoms with Gasteiger partial charge in [0.05, 0.1) is 11.9 Å². The molecule has 0 saturated carbocycles. The summed E-state index contributed by atoms with van der Waals surface area (Å²) in [6.45, 7) is 3.54. The molecule has 0 radical (unpaired) electrons. The Morgan fingerprint density at radius 3 is 3.00 bits per heavy atom. The highest BCUT2D eigenvalue weighted by atomic mass is 15.1. The third kappa shape index (κ3) is 2.48. The first-order valence-electron chi connectivity index (χ1n) is 5.26. The molecule has 1 aromatic heterocycles. The summed E-state index contributed by atoms with van der Waals surface area (Å²) in [6.07, 6.45) is 6.34. The van der Waals surface area contributed by atoms with E-state index in [2.05, 4.69) is 27.5 Å². The van der Waals surface area contributed by atoms with Crippen LogP contribution in [-0.4, -0.2) is 41.8 Å². The lowest BCUT2D eigenvalue weighted by Gasteiger charge is -2.28. The fourth-order valence-corrected chi connectivity index (χ4v) is 1.88. The van der Waals surface area contributed by atoms with Crippen LogP contribution in [0.25, 0.3) is 0 Å². The van der Waals surface area contributed by atoms with Gasteiger partial charge in [0.2, 0.25) is 0 Å². The summed E-state index contributed by atoms with van der Waals surface area (Å²) in [5, 5.41) is 10.1. The molecule has 1 aromatic rings. The molecule has 2 rings (SSSR count). The third-order valence-electron chi connectivity index (χ3n) is 2.93. The first kappa shape index (κ1) is 9.52. The van der Waals surface area contributed by atoms with Crippen molar-refractivity contribution in [1.29, 1.82) is 0 Å². The van der Waals surface area contributed by atoms with E-state index in [-0.39, 0.29) is 0 Å². The summed E-state index contributed by atoms with van der Waals surface area (Å²) in [5.74, 6) is 0.820. The maximum Gasteiger partial charge on any atom is 0.0723 e. The Balaban J connectivity index is 1.71. The number of H-pyrrole nitrogens is 1. The second kappa shape index (κ2) is 4.46. The number of aromatic nitrogens is 2. The lowest BCUT2D eigenvalue weighted by atomic mass is 9.97. The summed E-state index contributed by atoms with van der Waals surface area (Å²) in [7, 11) is 2.19. The highest BCUT2D eigenvalue weighted by Crippen LogP contribution is 2.16. The van der Waals surface area contributed by atoms with E-state index in [1.165, 1.54) is 25.9 Å². The predicted molar refractivity (Wildman–Crippen MR) is 57.3 cm³/mol. The van der Waals surface area contributed by atoms with Gasteiger partial charge in [0.25, 0.3) is 0 Å². The van der Waals surface area contributed by atoms with Crippen LogP contribution < -0.4 is 5.32 Å². The topological polar surface area (TPSA) is 44.0 Å². The molecule has 0 bridgehead atoms. The van der Waals surface area contributed by atoms with Gasteiger partial charge in [-0.3, -0.25) is 5.10 Å². The Hall–Kier alpha value is -1.03. The molecule has 0 atom stereocenters. The number of nitrogens with zero attached hydrogens (tertiary/aromatic N) is 2. The molecule has 1 aliphatic rings. The molecule has 0 unspecified atom stereocenters. The highest BCUT2D eigenvalue weighted by molar-refractivity contribution is 5.37. The van der Waals surface area contributed by atoms with Gasteiger partial charge >= 0.3 is 0 Å². The van der Waals surface area contributed by atoms with Gasteiger partial charge in [0.1, 0.15) is 0 Å². The predicted octanol–water partition coefficient (Wildman–Crippen LogP) is 1.16. The normalized spacial score (nSPS) is 19.8. The minimum absolute atomic E-state index is 0.820. The molecular weight excluding hydrogens is 176 g/mol. The van der Waals surface area contributed by atoms with Gasteiger partial charge in [-0.25, -0.2) is 0 Å². The molecule has 2 N–H and O–H groups in total. The minimum Gasteiger partial charge on any atom is -0.382 e. The third-order valence-corrected chi connectivity index (χ3v) is 2.93. The summed E-state index contributed by atoms with van der Waals surface area (Å²) < 4.78 is 0. The van der Waals surface area contributed by atoms with Crippen LogP contribution in [0.4, 0.5) is 5.69 Å². The van der Waals surface area contributed by atoms with Gasteiger partial charge in [0, 0.05) is 12.7 Å². The van der Waals surface area contributed by atoms with Gasteiger partial charge in [0.15, 0.2) is 0 Å². The van der Waals surface area contributed by atoms with Crippen LogP contribution in [0.5, 0.6) is 0 Å². The average molecular weight is 194 g/mol. The molecule has 4 nitrogen and oxygen atoms in total. The number of likely N-dealkylation sites (tertiary alicyclic amines) is 1. The minimum atomic E-state index is 0.820. The Labute approximate surface area is 84.7 Å². The van der Waals surface area contributed by atoms with Crippen molar-refractivity contribution in [2.24, 2.45) is 5.92 Å². The number of rotatable bonds is 3. The first-order valence-corrected chi connectivity index (χ1v) is 5.26. The smallest absolute Gasteiger partial charge is 0.0723 e. The van der Waals surface area contributed by atoms with E-state index < -0.39 is 0 Å². The Bertz CT molecular complexity index is 249. The lowest BCUT2D eigenvalue weighted by molar-refractivity contribution is 0.226. The zero-order valence-corrected chi connectivity index (χ0v) is 8.66. The second-order valence-corrected chi connectivity index (χ2v) is 4.11. The molecule has 0 aliphatic carbocycles. The molecule has 78 valence electrons. The maximum atomic E-state index is 3.90. The Morgan fingerprint density at radius 1 is 1.57 bits per heavy atom. The van der Waals surface area contributed by atoms with Crippen LogP contribution >= 0.6 is 0 Å². The van der Waals surface area contributed by atoms with E-state index in [4.69, 9.17) is 0 Å². The molecule has 1 aliphatic heterocycles. The molecular formula is C10H18N4. The Morgan fingerprint density at radius 2 is 2.36 bits per heavy atom. The van der Waals surface area contributed by atoms with E-state index in [1.807, 2.05) is 12.4 Å². The maximum absolute atomic E-state index is 3.90. The summed E-state index contributed by atoms with van der Waals surface area (Å²) in [5.41, 5.74) is 1.10. The van der Waals surface area contributed by atoms with Crippen molar-refractivity contribution in [2.45, 2.75) is 12.8 Å². The van der Waals surface area contributed by atoms with E-state index in [0.29, 0.717) is 0 Å². The monoisotopic (exact) mass is 194 g/mol. The number of aromatic amines is 1. The zero-order valence-electron chi connectivity index (χ0n) is 8.66. The molecule has 1 fully saturated rings. The van der Waals surface area contributed by atoms with Crippen LogP contribution in [0.1, 0.15) is 12.8 Å². The van der Waals surface area contributed by atoms with E-state index in [1.54, 1.807) is 0 Å². The van der Waals surface area contributed by atoms with Gasteiger partial charge in [-0.2, -0.15) is 5.10 Å². The summed E-state index contributed by atoms with van der Waals surface area (Å²) in [4.78, 5) is 2.40. The molecule has 2 heterocycles. The fraction of sp³-hybridized carbons (Fsp3) is 0.700. The fourth-order valence-electron chi connectivity index (χ4n) is 1.88. The lowest BCUT2D eigenvalue weighted by Crippen LogP contribution is -2.32. The van der Waals surface area contributed by atoms with Gasteiger partial charge in [-0.1, -0.05) is 0 Å². The van der Waals surface area contributed by atoms with Crippen LogP contribution in [-0.2, 0) is 0 Å². The van der Waals surface area contributed by atoms with Crippen molar-refractivity contribution in [3.05, 3.63) is 12.4 Å². The molecule has 4 heteroatoms. The highest BCUT2D eigenvalue weighted by Gasteiger charge is 2.15. The summed E-state index contributed by atoms with van der Waals surface area (Å²) >= 11 is 0. The van der Waals surface area contributed by atoms with Crippen LogP contribution in [0.2, 0.25) is 0 Å². The molecule has 0 spiro atoms. The van der Waals surface area contributed by atoms with Crippen molar-refractivity contribution in [1.82, 2.24) is 15.1 Å². The number of hydrogen-bond donors (Lipinski definition) is 2. The SMILES string of the molecule is CN1CCC(CNc2cn[nH]c2)CC1. The van der Waals surface area contributed by atoms with Crippen molar-refractivity contribution in [3.8, 4) is 0 Å². The first-order chi connectivity index (χ1) is 6.84. The van der Waals surface area contributed by atoms with Crippen molar-refractivity contribution < 1.29 is 0 Å². The van der Waals surface area contributed by atoms with E-state index in [0.717, 1.165) is 18.2 Å². The molecule has 0 aromatic carbocycles. The van der Waals surface area contributed by atoms with E-state index >= 15 is 0 Å². The largest absolute Gasteiger partial charge is 0.382 e. The van der Waals surface area contributed by atoms with Crippen LogP contribution in [0.3, 0.4) is 0 Å². The second-order valence-electron chi connectivity index (χ2n) is 4.11. The summed E-state index contributed by atoms with van der Waals surface area (Å²) in [6, 6.07) is 0. The number of nitrogens with one attached hydrogen (secondary N) is 2. The number of anilines is 1. The number of hydrogen-bond acceptors (Lipinski definition) is 3. The van der Waals surface area contributed by atoms with Crippen LogP contribution in [0.15, 0.2) is 12.4 Å². The standard InChI is InChI=1S/C10H18N4/c1-14-4-2-9(3-5-14)6-11-10-7-12-13-8-10/h7-9,11H,2-6H2,1H3,(H,12,13). The van der Waals surface area contributed by atoms with E-state index in [9.17, 15) is 0 Å².